The highest BCUT2D eigenvalue weighted by Crippen LogP contribution is 2.05. The number of carboxylic acid groups (broad SMARTS) is 1. The Kier molecular flexibility index (Phi) is 6.87. The normalized spacial score (nSPS) is 13.2. The molecule has 3 N–H and O–H groups in total. The van der Waals surface area contributed by atoms with Crippen LogP contribution in [0.15, 0.2) is 24.3 Å². The van der Waals surface area contributed by atoms with Crippen molar-refractivity contribution in [3.63, 3.8) is 0 Å². The van der Waals surface area contributed by atoms with Crippen LogP contribution in [0.5, 0.6) is 0 Å². The number of carboxylic acids is 1. The lowest BCUT2D eigenvalue weighted by Gasteiger charge is -2.11. The fraction of sp³-hybridized carbons (Fsp3) is 0.429. The number of rotatable bonds is 7. The lowest BCUT2D eigenvalue weighted by Crippen LogP contribution is -2.40. The SMILES string of the molecule is CC(CNC(=O)NCCc1cccc(C(=O)O)c1)S(C)=O. The minimum Gasteiger partial charge on any atom is -0.478 e. The third-order valence-electron chi connectivity index (χ3n) is 2.99. The van der Waals surface area contributed by atoms with Crippen molar-refractivity contribution in [2.75, 3.05) is 19.3 Å². The van der Waals surface area contributed by atoms with Crippen molar-refractivity contribution >= 4 is 22.8 Å². The Morgan fingerprint density at radius 3 is 2.67 bits per heavy atom. The predicted molar refractivity (Wildman–Crippen MR) is 82.0 cm³/mol. The first kappa shape index (κ1) is 17.2. The number of benzene rings is 1. The Labute approximate surface area is 126 Å². The minimum atomic E-state index is -0.968. The van der Waals surface area contributed by atoms with Gasteiger partial charge >= 0.3 is 12.0 Å². The summed E-state index contributed by atoms with van der Waals surface area (Å²) < 4.78 is 11.1. The molecule has 0 radical (unpaired) electrons. The van der Waals surface area contributed by atoms with Crippen LogP contribution in [-0.2, 0) is 17.2 Å². The van der Waals surface area contributed by atoms with E-state index in [9.17, 15) is 13.8 Å². The van der Waals surface area contributed by atoms with Crippen LogP contribution in [0.3, 0.4) is 0 Å². The van der Waals surface area contributed by atoms with Crippen molar-refractivity contribution in [1.29, 1.82) is 0 Å². The standard InChI is InChI=1S/C14H20N2O4S/c1-10(21(2)20)9-16-14(19)15-7-6-11-4-3-5-12(8-11)13(17)18/h3-5,8,10H,6-7,9H2,1-2H3,(H,17,18)(H2,15,16,19). The van der Waals surface area contributed by atoms with Gasteiger partial charge in [-0.3, -0.25) is 4.21 Å². The zero-order chi connectivity index (χ0) is 15.8. The molecule has 0 aliphatic rings. The van der Waals surface area contributed by atoms with Gasteiger partial charge in [-0.2, -0.15) is 0 Å². The number of urea groups is 1. The number of amides is 2. The number of carbonyl (C=O) groups is 2. The summed E-state index contributed by atoms with van der Waals surface area (Å²) in [4.78, 5) is 22.4. The van der Waals surface area contributed by atoms with Crippen molar-refractivity contribution in [1.82, 2.24) is 10.6 Å². The molecular weight excluding hydrogens is 292 g/mol. The molecule has 0 bridgehead atoms. The molecule has 21 heavy (non-hydrogen) atoms. The largest absolute Gasteiger partial charge is 0.478 e. The summed E-state index contributed by atoms with van der Waals surface area (Å²) in [5.41, 5.74) is 1.08. The Hall–Kier alpha value is -1.89. The summed E-state index contributed by atoms with van der Waals surface area (Å²) in [6.45, 7) is 2.55. The van der Waals surface area contributed by atoms with Crippen LogP contribution in [-0.4, -0.2) is 45.9 Å². The molecule has 2 unspecified atom stereocenters. The van der Waals surface area contributed by atoms with Crippen LogP contribution >= 0.6 is 0 Å². The van der Waals surface area contributed by atoms with E-state index in [2.05, 4.69) is 10.6 Å². The maximum absolute atomic E-state index is 11.5. The van der Waals surface area contributed by atoms with E-state index >= 15 is 0 Å². The van der Waals surface area contributed by atoms with Crippen molar-refractivity contribution in [2.24, 2.45) is 0 Å². The van der Waals surface area contributed by atoms with Crippen LogP contribution in [0.25, 0.3) is 0 Å². The molecule has 6 nitrogen and oxygen atoms in total. The second kappa shape index (κ2) is 8.41. The van der Waals surface area contributed by atoms with Crippen molar-refractivity contribution in [3.05, 3.63) is 35.4 Å². The van der Waals surface area contributed by atoms with Crippen LogP contribution in [0, 0.1) is 0 Å². The summed E-state index contributed by atoms with van der Waals surface area (Å²) in [5, 5.41) is 14.1. The van der Waals surface area contributed by atoms with E-state index in [0.29, 0.717) is 19.5 Å². The maximum atomic E-state index is 11.5. The van der Waals surface area contributed by atoms with Gasteiger partial charge in [-0.15, -0.1) is 0 Å². The third kappa shape index (κ3) is 6.40. The Morgan fingerprint density at radius 2 is 2.05 bits per heavy atom. The van der Waals surface area contributed by atoms with Gasteiger partial charge in [-0.05, 0) is 31.0 Å². The van der Waals surface area contributed by atoms with Gasteiger partial charge in [0.05, 0.1) is 5.56 Å². The van der Waals surface area contributed by atoms with Gasteiger partial charge < -0.3 is 15.7 Å². The average Bonchev–Trinajstić information content (AvgIpc) is 2.44. The number of hydrogen-bond acceptors (Lipinski definition) is 3. The molecule has 0 saturated heterocycles. The molecule has 0 fully saturated rings. The molecule has 0 heterocycles. The maximum Gasteiger partial charge on any atom is 0.335 e. The topological polar surface area (TPSA) is 95.5 Å². The molecule has 0 saturated carbocycles. The molecule has 1 aromatic carbocycles. The number of hydrogen-bond donors (Lipinski definition) is 3. The highest BCUT2D eigenvalue weighted by molar-refractivity contribution is 7.84. The molecule has 0 aromatic heterocycles. The van der Waals surface area contributed by atoms with E-state index in [4.69, 9.17) is 5.11 Å². The van der Waals surface area contributed by atoms with Gasteiger partial charge in [-0.1, -0.05) is 12.1 Å². The van der Waals surface area contributed by atoms with Crippen LogP contribution < -0.4 is 10.6 Å². The van der Waals surface area contributed by atoms with Crippen molar-refractivity contribution < 1.29 is 18.9 Å². The van der Waals surface area contributed by atoms with E-state index in [-0.39, 0.29) is 16.8 Å². The number of aromatic carboxylic acids is 1. The summed E-state index contributed by atoms with van der Waals surface area (Å²) in [5.74, 6) is -0.968. The van der Waals surface area contributed by atoms with Crippen molar-refractivity contribution in [2.45, 2.75) is 18.6 Å². The lowest BCUT2D eigenvalue weighted by molar-refractivity contribution is 0.0696. The second-order valence-corrected chi connectivity index (χ2v) is 6.50. The van der Waals surface area contributed by atoms with Crippen LogP contribution in [0.2, 0.25) is 0 Å². The molecule has 7 heteroatoms. The van der Waals surface area contributed by atoms with Gasteiger partial charge in [-0.25, -0.2) is 9.59 Å². The highest BCUT2D eigenvalue weighted by Gasteiger charge is 2.08. The molecular formula is C14H20N2O4S. The molecule has 1 aromatic rings. The minimum absolute atomic E-state index is 0.0944. The number of nitrogens with one attached hydrogen (secondary N) is 2. The Balaban J connectivity index is 2.33. The molecule has 1 rings (SSSR count). The van der Waals surface area contributed by atoms with E-state index in [1.54, 1.807) is 25.3 Å². The Bertz CT molecular complexity index is 533. The van der Waals surface area contributed by atoms with E-state index in [1.807, 2.05) is 6.07 Å². The first-order valence-electron chi connectivity index (χ1n) is 6.56. The van der Waals surface area contributed by atoms with Gasteiger partial charge in [0.1, 0.15) is 0 Å². The monoisotopic (exact) mass is 312 g/mol. The highest BCUT2D eigenvalue weighted by atomic mass is 32.2. The first-order valence-corrected chi connectivity index (χ1v) is 8.18. The quantitative estimate of drug-likeness (QED) is 0.700. The van der Waals surface area contributed by atoms with E-state index < -0.39 is 16.8 Å². The zero-order valence-electron chi connectivity index (χ0n) is 12.1. The lowest BCUT2D eigenvalue weighted by atomic mass is 10.1. The molecule has 0 aliphatic heterocycles. The van der Waals surface area contributed by atoms with Gasteiger partial charge in [0.2, 0.25) is 0 Å². The van der Waals surface area contributed by atoms with Crippen molar-refractivity contribution in [3.8, 4) is 0 Å². The summed E-state index contributed by atoms with van der Waals surface area (Å²) >= 11 is 0. The van der Waals surface area contributed by atoms with E-state index in [0.717, 1.165) is 5.56 Å². The summed E-state index contributed by atoms with van der Waals surface area (Å²) in [6, 6.07) is 6.29. The molecule has 2 amide bonds. The molecule has 116 valence electrons. The van der Waals surface area contributed by atoms with Gasteiger partial charge in [0, 0.05) is 35.4 Å². The molecule has 2 atom stereocenters. The number of carbonyl (C=O) groups excluding carboxylic acids is 1. The van der Waals surface area contributed by atoms with E-state index in [1.165, 1.54) is 6.07 Å². The second-order valence-electron chi connectivity index (χ2n) is 4.70. The Morgan fingerprint density at radius 1 is 1.33 bits per heavy atom. The zero-order valence-corrected chi connectivity index (χ0v) is 12.9. The summed E-state index contributed by atoms with van der Waals surface area (Å²) in [6.07, 6.45) is 2.14. The van der Waals surface area contributed by atoms with Gasteiger partial charge in [0.25, 0.3) is 0 Å². The fourth-order valence-corrected chi connectivity index (χ4v) is 1.91. The predicted octanol–water partition coefficient (Wildman–Crippen LogP) is 0.993. The van der Waals surface area contributed by atoms with Gasteiger partial charge in [0.15, 0.2) is 0 Å². The summed E-state index contributed by atoms with van der Waals surface area (Å²) in [7, 11) is -0.967. The fourth-order valence-electron chi connectivity index (χ4n) is 1.60. The van der Waals surface area contributed by atoms with Crippen LogP contribution in [0.1, 0.15) is 22.8 Å². The smallest absolute Gasteiger partial charge is 0.335 e. The van der Waals surface area contributed by atoms with Crippen LogP contribution in [0.4, 0.5) is 4.79 Å². The molecule has 0 aliphatic carbocycles. The molecule has 0 spiro atoms. The third-order valence-corrected chi connectivity index (χ3v) is 4.29. The average molecular weight is 312 g/mol. The first-order chi connectivity index (χ1) is 9.90.